The van der Waals surface area contributed by atoms with E-state index in [1.54, 1.807) is 6.92 Å². The molecular weight excluding hydrogens is 305 g/mol. The largest absolute Gasteiger partial charge is 0.481 e. The lowest BCUT2D eigenvalue weighted by molar-refractivity contribution is -0.141. The minimum Gasteiger partial charge on any atom is -0.481 e. The number of carbonyl (C=O) groups is 1. The van der Waals surface area contributed by atoms with Crippen LogP contribution in [-0.2, 0) is 11.3 Å². The average Bonchev–Trinajstić information content (AvgIpc) is 2.22. The summed E-state index contributed by atoms with van der Waals surface area (Å²) in [6.07, 6.45) is 0. The van der Waals surface area contributed by atoms with Crippen molar-refractivity contribution in [3.63, 3.8) is 0 Å². The summed E-state index contributed by atoms with van der Waals surface area (Å²) in [7, 11) is 1.90. The summed E-state index contributed by atoms with van der Waals surface area (Å²) in [5.74, 6) is -1.14. The van der Waals surface area contributed by atoms with E-state index in [9.17, 15) is 4.79 Å². The zero-order valence-corrected chi connectivity index (χ0v) is 12.1. The van der Waals surface area contributed by atoms with Crippen LogP contribution in [0.1, 0.15) is 12.5 Å². The van der Waals surface area contributed by atoms with Crippen LogP contribution in [0.15, 0.2) is 22.7 Å². The van der Waals surface area contributed by atoms with Gasteiger partial charge in [0.15, 0.2) is 0 Å². The Morgan fingerprint density at radius 2 is 2.24 bits per heavy atom. The SMILES string of the molecule is CC(CN(C)Cc1ccc(Cl)cc1Br)C(=O)O. The molecule has 1 atom stereocenters. The fourth-order valence-electron chi connectivity index (χ4n) is 1.55. The van der Waals surface area contributed by atoms with Crippen LogP contribution < -0.4 is 0 Å². The summed E-state index contributed by atoms with van der Waals surface area (Å²) >= 11 is 9.30. The Morgan fingerprint density at radius 3 is 2.76 bits per heavy atom. The summed E-state index contributed by atoms with van der Waals surface area (Å²) in [5, 5.41) is 9.52. The maximum absolute atomic E-state index is 10.7. The molecule has 0 fully saturated rings. The van der Waals surface area contributed by atoms with Crippen molar-refractivity contribution in [1.29, 1.82) is 0 Å². The molecule has 0 aromatic heterocycles. The van der Waals surface area contributed by atoms with Crippen LogP contribution in [0.3, 0.4) is 0 Å². The fourth-order valence-corrected chi connectivity index (χ4v) is 2.36. The van der Waals surface area contributed by atoms with Gasteiger partial charge in [0.2, 0.25) is 0 Å². The number of hydrogen-bond acceptors (Lipinski definition) is 2. The number of nitrogens with zero attached hydrogens (tertiary/aromatic N) is 1. The van der Waals surface area contributed by atoms with Crippen LogP contribution in [0, 0.1) is 5.92 Å². The lowest BCUT2D eigenvalue weighted by Crippen LogP contribution is -2.28. The molecule has 94 valence electrons. The minimum absolute atomic E-state index is 0.369. The van der Waals surface area contributed by atoms with Crippen molar-refractivity contribution in [2.75, 3.05) is 13.6 Å². The Balaban J connectivity index is 2.62. The van der Waals surface area contributed by atoms with Gasteiger partial charge < -0.3 is 10.0 Å². The van der Waals surface area contributed by atoms with Gasteiger partial charge in [-0.3, -0.25) is 4.79 Å². The maximum atomic E-state index is 10.7. The fraction of sp³-hybridized carbons (Fsp3) is 0.417. The maximum Gasteiger partial charge on any atom is 0.307 e. The molecule has 0 bridgehead atoms. The van der Waals surface area contributed by atoms with E-state index >= 15 is 0 Å². The number of hydrogen-bond donors (Lipinski definition) is 1. The molecule has 0 amide bonds. The molecule has 0 aliphatic heterocycles. The van der Waals surface area contributed by atoms with Gasteiger partial charge >= 0.3 is 5.97 Å². The average molecular weight is 321 g/mol. The molecule has 0 saturated heterocycles. The number of halogens is 2. The third-order valence-electron chi connectivity index (χ3n) is 2.46. The molecule has 1 aromatic carbocycles. The molecule has 5 heteroatoms. The Bertz CT molecular complexity index is 411. The molecule has 0 aliphatic carbocycles. The highest BCUT2D eigenvalue weighted by Crippen LogP contribution is 2.22. The molecule has 1 unspecified atom stereocenters. The second-order valence-electron chi connectivity index (χ2n) is 4.17. The quantitative estimate of drug-likeness (QED) is 0.905. The molecule has 0 saturated carbocycles. The van der Waals surface area contributed by atoms with Crippen LogP contribution in [0.2, 0.25) is 5.02 Å². The number of rotatable bonds is 5. The molecule has 0 heterocycles. The van der Waals surface area contributed by atoms with Gasteiger partial charge in [0.1, 0.15) is 0 Å². The van der Waals surface area contributed by atoms with Crippen LogP contribution in [0.5, 0.6) is 0 Å². The highest BCUT2D eigenvalue weighted by molar-refractivity contribution is 9.10. The summed E-state index contributed by atoms with van der Waals surface area (Å²) in [6.45, 7) is 2.91. The molecule has 1 aromatic rings. The second kappa shape index (κ2) is 6.38. The first-order valence-corrected chi connectivity index (χ1v) is 6.42. The predicted octanol–water partition coefficient (Wildman–Crippen LogP) is 3.26. The summed E-state index contributed by atoms with van der Waals surface area (Å²) in [4.78, 5) is 12.7. The zero-order valence-electron chi connectivity index (χ0n) is 9.78. The van der Waals surface area contributed by atoms with Crippen molar-refractivity contribution in [3.05, 3.63) is 33.3 Å². The van der Waals surface area contributed by atoms with E-state index in [1.807, 2.05) is 30.1 Å². The van der Waals surface area contributed by atoms with Crippen LogP contribution in [-0.4, -0.2) is 29.6 Å². The standard InChI is InChI=1S/C12H15BrClNO2/c1-8(12(16)17)6-15(2)7-9-3-4-10(14)5-11(9)13/h3-5,8H,6-7H2,1-2H3,(H,16,17). The Labute approximate surface area is 115 Å². The van der Waals surface area contributed by atoms with Crippen LogP contribution in [0.4, 0.5) is 0 Å². The van der Waals surface area contributed by atoms with Gasteiger partial charge in [0.05, 0.1) is 5.92 Å². The third-order valence-corrected chi connectivity index (χ3v) is 3.44. The molecule has 1 N–H and O–H groups in total. The predicted molar refractivity (Wildman–Crippen MR) is 72.3 cm³/mol. The molecule has 3 nitrogen and oxygen atoms in total. The van der Waals surface area contributed by atoms with Gasteiger partial charge in [0.25, 0.3) is 0 Å². The van der Waals surface area contributed by atoms with Crippen molar-refractivity contribution in [1.82, 2.24) is 4.90 Å². The molecule has 0 radical (unpaired) electrons. The van der Waals surface area contributed by atoms with Gasteiger partial charge in [0, 0.05) is 22.6 Å². The van der Waals surface area contributed by atoms with Gasteiger partial charge in [-0.1, -0.05) is 40.5 Å². The number of carboxylic acid groups (broad SMARTS) is 1. The topological polar surface area (TPSA) is 40.5 Å². The van der Waals surface area contributed by atoms with Crippen molar-refractivity contribution in [3.8, 4) is 0 Å². The molecule has 0 aliphatic rings. The first kappa shape index (κ1) is 14.5. The molecule has 17 heavy (non-hydrogen) atoms. The molecular formula is C12H15BrClNO2. The summed E-state index contributed by atoms with van der Waals surface area (Å²) in [6, 6.07) is 5.61. The van der Waals surface area contributed by atoms with E-state index in [-0.39, 0.29) is 5.92 Å². The molecule has 1 rings (SSSR count). The smallest absolute Gasteiger partial charge is 0.307 e. The van der Waals surface area contributed by atoms with Crippen LogP contribution in [0.25, 0.3) is 0 Å². The van der Waals surface area contributed by atoms with Gasteiger partial charge in [-0.05, 0) is 24.7 Å². The summed E-state index contributed by atoms with van der Waals surface area (Å²) in [5.41, 5.74) is 1.09. The van der Waals surface area contributed by atoms with E-state index in [1.165, 1.54) is 0 Å². The Hall–Kier alpha value is -0.580. The third kappa shape index (κ3) is 4.66. The first-order chi connectivity index (χ1) is 7.90. The van der Waals surface area contributed by atoms with Gasteiger partial charge in [-0.15, -0.1) is 0 Å². The monoisotopic (exact) mass is 319 g/mol. The van der Waals surface area contributed by atoms with Crippen molar-refractivity contribution < 1.29 is 9.90 Å². The lowest BCUT2D eigenvalue weighted by atomic mass is 10.1. The van der Waals surface area contributed by atoms with Crippen molar-refractivity contribution in [2.24, 2.45) is 5.92 Å². The van der Waals surface area contributed by atoms with E-state index in [4.69, 9.17) is 16.7 Å². The van der Waals surface area contributed by atoms with E-state index in [0.29, 0.717) is 18.1 Å². The molecule has 0 spiro atoms. The number of carboxylic acids is 1. The van der Waals surface area contributed by atoms with Crippen molar-refractivity contribution in [2.45, 2.75) is 13.5 Å². The first-order valence-electron chi connectivity index (χ1n) is 5.25. The van der Waals surface area contributed by atoms with Crippen molar-refractivity contribution >= 4 is 33.5 Å². The highest BCUT2D eigenvalue weighted by atomic mass is 79.9. The number of aliphatic carboxylic acids is 1. The van der Waals surface area contributed by atoms with E-state index < -0.39 is 5.97 Å². The minimum atomic E-state index is -0.771. The van der Waals surface area contributed by atoms with Gasteiger partial charge in [-0.25, -0.2) is 0 Å². The van der Waals surface area contributed by atoms with Crippen LogP contribution >= 0.6 is 27.5 Å². The zero-order chi connectivity index (χ0) is 13.0. The summed E-state index contributed by atoms with van der Waals surface area (Å²) < 4.78 is 0.944. The van der Waals surface area contributed by atoms with E-state index in [0.717, 1.165) is 10.0 Å². The van der Waals surface area contributed by atoms with Gasteiger partial charge in [-0.2, -0.15) is 0 Å². The lowest BCUT2D eigenvalue weighted by Gasteiger charge is -2.19. The number of benzene rings is 1. The Morgan fingerprint density at radius 1 is 1.59 bits per heavy atom. The Kier molecular flexibility index (Phi) is 5.43. The van der Waals surface area contributed by atoms with E-state index in [2.05, 4.69) is 15.9 Å². The highest BCUT2D eigenvalue weighted by Gasteiger charge is 2.14. The normalized spacial score (nSPS) is 12.8. The second-order valence-corrected chi connectivity index (χ2v) is 5.46.